The van der Waals surface area contributed by atoms with Gasteiger partial charge in [0.15, 0.2) is 17.5 Å². The maximum absolute atomic E-state index is 5.09. The van der Waals surface area contributed by atoms with Crippen molar-refractivity contribution in [2.24, 2.45) is 0 Å². The van der Waals surface area contributed by atoms with Crippen molar-refractivity contribution in [3.63, 3.8) is 0 Å². The minimum atomic E-state index is 0.624. The van der Waals surface area contributed by atoms with Gasteiger partial charge in [-0.05, 0) is 64.7 Å². The maximum Gasteiger partial charge on any atom is 0.164 e. The molecule has 7 aromatic carbocycles. The zero-order valence-electron chi connectivity index (χ0n) is 26.9. The van der Waals surface area contributed by atoms with Crippen molar-refractivity contribution in [2.45, 2.75) is 0 Å². The van der Waals surface area contributed by atoms with Crippen LogP contribution in [0.25, 0.3) is 100 Å². The molecule has 3 heterocycles. The number of benzene rings is 7. The molecular weight excluding hydrogens is 611 g/mol. The third-order valence-electron chi connectivity index (χ3n) is 9.57. The third-order valence-corrected chi connectivity index (χ3v) is 9.57. The fourth-order valence-corrected chi connectivity index (χ4v) is 7.10. The minimum absolute atomic E-state index is 0.624. The number of para-hydroxylation sites is 2. The highest BCUT2D eigenvalue weighted by Gasteiger charge is 2.16. The molecule has 0 aliphatic heterocycles. The van der Waals surface area contributed by atoms with Crippen LogP contribution in [-0.2, 0) is 0 Å². The second-order valence-corrected chi connectivity index (χ2v) is 12.7. The molecule has 5 nitrogen and oxygen atoms in total. The zero-order valence-corrected chi connectivity index (χ0v) is 26.9. The first-order valence-corrected chi connectivity index (χ1v) is 16.8. The molecule has 0 unspecified atom stereocenters. The van der Waals surface area contributed by atoms with Crippen molar-refractivity contribution >= 4 is 43.6 Å². The van der Waals surface area contributed by atoms with Gasteiger partial charge in [-0.15, -0.1) is 0 Å². The van der Waals surface area contributed by atoms with Crippen LogP contribution in [0, 0.1) is 0 Å². The molecule has 5 heteroatoms. The molecule has 3 aromatic heterocycles. The van der Waals surface area contributed by atoms with Crippen LogP contribution in [0.2, 0.25) is 0 Å². The number of H-pyrrole nitrogens is 2. The van der Waals surface area contributed by atoms with Crippen LogP contribution in [0.15, 0.2) is 164 Å². The molecule has 0 aliphatic rings. The van der Waals surface area contributed by atoms with E-state index in [2.05, 4.69) is 113 Å². The van der Waals surface area contributed by atoms with E-state index in [0.29, 0.717) is 17.5 Å². The van der Waals surface area contributed by atoms with Gasteiger partial charge in [-0.3, -0.25) is 0 Å². The summed E-state index contributed by atoms with van der Waals surface area (Å²) in [7, 11) is 0. The van der Waals surface area contributed by atoms with Gasteiger partial charge in [0.05, 0.1) is 0 Å². The van der Waals surface area contributed by atoms with Crippen molar-refractivity contribution in [1.29, 1.82) is 0 Å². The van der Waals surface area contributed by atoms with E-state index in [0.717, 1.165) is 61.0 Å². The highest BCUT2D eigenvalue weighted by atomic mass is 15.0. The van der Waals surface area contributed by atoms with Crippen LogP contribution in [-0.4, -0.2) is 24.9 Å². The second-order valence-electron chi connectivity index (χ2n) is 12.7. The van der Waals surface area contributed by atoms with Gasteiger partial charge < -0.3 is 9.97 Å². The van der Waals surface area contributed by atoms with Crippen LogP contribution in [0.4, 0.5) is 0 Å². The molecule has 10 rings (SSSR count). The van der Waals surface area contributed by atoms with Crippen molar-refractivity contribution in [2.75, 3.05) is 0 Å². The lowest BCUT2D eigenvalue weighted by atomic mass is 9.94. The lowest BCUT2D eigenvalue weighted by Gasteiger charge is -2.13. The summed E-state index contributed by atoms with van der Waals surface area (Å²) < 4.78 is 0. The number of nitrogens with zero attached hydrogens (tertiary/aromatic N) is 3. The first-order chi connectivity index (χ1) is 24.7. The van der Waals surface area contributed by atoms with E-state index < -0.39 is 0 Å². The molecule has 0 spiro atoms. The standard InChI is InChI=1S/C45H29N5/c1-3-11-28(12-4-1)43-48-44(29-13-5-2-6-14-29)50-45(49-43)34-24-32(30-19-21-37-35-15-7-9-17-39(35)46-41(37)26-30)23-33(25-34)31-20-22-38-36-16-8-10-18-40(36)47-42(38)27-31/h1-27,46-47H. The lowest BCUT2D eigenvalue weighted by Crippen LogP contribution is -2.00. The number of hydrogen-bond donors (Lipinski definition) is 2. The molecule has 10 aromatic rings. The fourth-order valence-electron chi connectivity index (χ4n) is 7.10. The second kappa shape index (κ2) is 11.4. The molecule has 50 heavy (non-hydrogen) atoms. The normalized spacial score (nSPS) is 11.6. The molecule has 0 bridgehead atoms. The molecule has 0 aliphatic carbocycles. The van der Waals surface area contributed by atoms with Crippen molar-refractivity contribution in [3.05, 3.63) is 164 Å². The van der Waals surface area contributed by atoms with Crippen LogP contribution >= 0.6 is 0 Å². The number of fused-ring (bicyclic) bond motifs is 6. The highest BCUT2D eigenvalue weighted by molar-refractivity contribution is 6.09. The van der Waals surface area contributed by atoms with Gasteiger partial charge in [0.2, 0.25) is 0 Å². The van der Waals surface area contributed by atoms with Crippen LogP contribution in [0.1, 0.15) is 0 Å². The highest BCUT2D eigenvalue weighted by Crippen LogP contribution is 2.37. The van der Waals surface area contributed by atoms with E-state index in [4.69, 9.17) is 15.0 Å². The Kier molecular flexibility index (Phi) is 6.42. The summed E-state index contributed by atoms with van der Waals surface area (Å²) in [5, 5.41) is 4.87. The van der Waals surface area contributed by atoms with Gasteiger partial charge in [-0.2, -0.15) is 0 Å². The smallest absolute Gasteiger partial charge is 0.164 e. The van der Waals surface area contributed by atoms with Crippen LogP contribution in [0.3, 0.4) is 0 Å². The topological polar surface area (TPSA) is 70.2 Å². The largest absolute Gasteiger partial charge is 0.354 e. The number of hydrogen-bond acceptors (Lipinski definition) is 3. The first kappa shape index (κ1) is 28.2. The summed E-state index contributed by atoms with van der Waals surface area (Å²) >= 11 is 0. The first-order valence-electron chi connectivity index (χ1n) is 16.8. The Morgan fingerprint density at radius 2 is 0.640 bits per heavy atom. The average Bonchev–Trinajstić information content (AvgIpc) is 3.76. The molecular formula is C45H29N5. The quantitative estimate of drug-likeness (QED) is 0.197. The zero-order chi connectivity index (χ0) is 33.0. The minimum Gasteiger partial charge on any atom is -0.354 e. The number of aromatic nitrogens is 5. The summed E-state index contributed by atoms with van der Waals surface area (Å²) in [5.74, 6) is 1.90. The van der Waals surface area contributed by atoms with E-state index in [1.807, 2.05) is 60.7 Å². The predicted octanol–water partition coefficient (Wildman–Crippen LogP) is 11.5. The fraction of sp³-hybridized carbons (Fsp3) is 0. The Labute approximate surface area is 288 Å². The SMILES string of the molecule is c1ccc(-c2nc(-c3ccccc3)nc(-c3cc(-c4ccc5c(c4)[nH]c4ccccc45)cc(-c4ccc5c(c4)[nH]c4ccccc45)c3)n2)cc1. The molecule has 0 atom stereocenters. The van der Waals surface area contributed by atoms with Gasteiger partial charge in [-0.1, -0.05) is 121 Å². The van der Waals surface area contributed by atoms with Gasteiger partial charge in [-0.25, -0.2) is 15.0 Å². The summed E-state index contributed by atoms with van der Waals surface area (Å²) in [6.07, 6.45) is 0. The summed E-state index contributed by atoms with van der Waals surface area (Å²) in [6.45, 7) is 0. The average molecular weight is 640 g/mol. The Bertz CT molecular complexity index is 2680. The Balaban J connectivity index is 1.20. The number of aromatic amines is 2. The van der Waals surface area contributed by atoms with E-state index in [-0.39, 0.29) is 0 Å². The van der Waals surface area contributed by atoms with Crippen LogP contribution < -0.4 is 0 Å². The number of nitrogens with one attached hydrogen (secondary N) is 2. The van der Waals surface area contributed by atoms with E-state index in [1.54, 1.807) is 0 Å². The molecule has 0 amide bonds. The molecule has 0 saturated heterocycles. The van der Waals surface area contributed by atoms with E-state index in [1.165, 1.54) is 21.5 Å². The predicted molar refractivity (Wildman–Crippen MR) is 206 cm³/mol. The summed E-state index contributed by atoms with van der Waals surface area (Å²) in [6, 6.07) is 57.2. The Morgan fingerprint density at radius 1 is 0.260 bits per heavy atom. The van der Waals surface area contributed by atoms with Gasteiger partial charge in [0.1, 0.15) is 0 Å². The lowest BCUT2D eigenvalue weighted by molar-refractivity contribution is 1.07. The number of rotatable bonds is 5. The Morgan fingerprint density at radius 3 is 1.12 bits per heavy atom. The van der Waals surface area contributed by atoms with Gasteiger partial charge >= 0.3 is 0 Å². The van der Waals surface area contributed by atoms with Crippen LogP contribution in [0.5, 0.6) is 0 Å². The van der Waals surface area contributed by atoms with Gasteiger partial charge in [0, 0.05) is 60.3 Å². The molecule has 0 fully saturated rings. The molecule has 0 saturated carbocycles. The third kappa shape index (κ3) is 4.83. The van der Waals surface area contributed by atoms with E-state index in [9.17, 15) is 0 Å². The monoisotopic (exact) mass is 639 g/mol. The Hall–Kier alpha value is -6.85. The van der Waals surface area contributed by atoms with Crippen molar-refractivity contribution in [1.82, 2.24) is 24.9 Å². The van der Waals surface area contributed by atoms with E-state index >= 15 is 0 Å². The van der Waals surface area contributed by atoms with Gasteiger partial charge in [0.25, 0.3) is 0 Å². The summed E-state index contributed by atoms with van der Waals surface area (Å²) in [5.41, 5.74) is 11.7. The molecule has 2 N–H and O–H groups in total. The van der Waals surface area contributed by atoms with Crippen molar-refractivity contribution in [3.8, 4) is 56.4 Å². The maximum atomic E-state index is 5.09. The molecule has 234 valence electrons. The molecule has 0 radical (unpaired) electrons. The summed E-state index contributed by atoms with van der Waals surface area (Å²) in [4.78, 5) is 22.4. The van der Waals surface area contributed by atoms with Crippen molar-refractivity contribution < 1.29 is 0 Å².